The van der Waals surface area contributed by atoms with E-state index >= 15 is 4.79 Å². The lowest BCUT2D eigenvalue weighted by Crippen LogP contribution is -2.82. The van der Waals surface area contributed by atoms with E-state index in [1.165, 1.54) is 31.2 Å². The summed E-state index contributed by atoms with van der Waals surface area (Å²) in [6, 6.07) is 16.7. The monoisotopic (exact) mass is 980 g/mol. The Morgan fingerprint density at radius 3 is 2.44 bits per heavy atom. The van der Waals surface area contributed by atoms with Gasteiger partial charge in [-0.3, -0.25) is 0 Å². The molecule has 20 unspecified atom stereocenters. The molecule has 9 heteroatoms. The number of aliphatic hydroxyl groups excluding tert-OH is 2. The normalized spacial score (nSPS) is 48.3. The standard InChI is InChI=1S/C63H81NO8/c1-37(38-11-6-7-12-38)41-18-21-51-57(68)58(25-22-43-27-42(19-20-50(43)58)39-13-4-3-5-14-39)35-60(36-66)53-23-26-59-24-9-8-15-40-16-10-17-44(34-65)47(40)30-52(64-2)48-29-45(55(59)49-31-54(67)72-56(48)49)32-62(59,70)61(53,69)33-46(28-41)63(51,60)71/h3-5,10,13-14,16-17,31,36-38,41-43,45-46,48,50-53,55-57,64-65,68-71H,6-7,9,11-12,18-30,32-35H2,1-2H3. The maximum Gasteiger partial charge on any atom is 0.331 e. The number of benzene rings is 2. The van der Waals surface area contributed by atoms with E-state index in [2.05, 4.69) is 54.4 Å². The summed E-state index contributed by atoms with van der Waals surface area (Å²) < 4.78 is 6.38. The fourth-order valence-corrected chi connectivity index (χ4v) is 21.8. The highest BCUT2D eigenvalue weighted by Crippen LogP contribution is 2.80. The number of rotatable bonds is 6. The largest absolute Gasteiger partial charge is 0.454 e. The van der Waals surface area contributed by atoms with Crippen molar-refractivity contribution >= 4 is 12.3 Å². The lowest BCUT2D eigenvalue weighted by atomic mass is 9.33. The molecule has 0 saturated heterocycles. The first-order valence-corrected chi connectivity index (χ1v) is 29.0. The number of hydrogen-bond donors (Lipinski definition) is 6. The number of hydrogen-bond acceptors (Lipinski definition) is 9. The molecule has 12 aliphatic rings. The van der Waals surface area contributed by atoms with Crippen LogP contribution in [-0.4, -0.2) is 79.9 Å². The zero-order chi connectivity index (χ0) is 49.6. The van der Waals surface area contributed by atoms with E-state index in [4.69, 9.17) is 4.74 Å². The van der Waals surface area contributed by atoms with Crippen LogP contribution in [0.3, 0.4) is 0 Å². The van der Waals surface area contributed by atoms with Crippen LogP contribution in [0.5, 0.6) is 0 Å². The predicted molar refractivity (Wildman–Crippen MR) is 274 cm³/mol. The molecule has 14 rings (SSSR count). The Labute approximate surface area is 427 Å². The summed E-state index contributed by atoms with van der Waals surface area (Å²) >= 11 is 0. The summed E-state index contributed by atoms with van der Waals surface area (Å²) in [5, 5.41) is 71.6. The van der Waals surface area contributed by atoms with Crippen LogP contribution in [-0.2, 0) is 27.4 Å². The first-order valence-electron chi connectivity index (χ1n) is 29.0. The molecular formula is C63H81NO8. The van der Waals surface area contributed by atoms with Crippen molar-refractivity contribution in [2.24, 2.45) is 81.3 Å². The van der Waals surface area contributed by atoms with Gasteiger partial charge in [-0.05, 0) is 191 Å². The van der Waals surface area contributed by atoms with E-state index < -0.39 is 63.0 Å². The van der Waals surface area contributed by atoms with Crippen molar-refractivity contribution in [2.75, 3.05) is 7.05 Å². The average molecular weight is 980 g/mol. The quantitative estimate of drug-likeness (QED) is 0.0947. The Balaban J connectivity index is 0.957. The molecule has 4 bridgehead atoms. The highest BCUT2D eigenvalue weighted by Gasteiger charge is 2.85. The molecule has 2 spiro atoms. The van der Waals surface area contributed by atoms with Crippen molar-refractivity contribution in [3.05, 3.63) is 82.4 Å². The number of ether oxygens (including phenoxy) is 1. The second kappa shape index (κ2) is 17.3. The minimum atomic E-state index is -1.74. The Kier molecular flexibility index (Phi) is 11.6. The SMILES string of the molecule is CNC1Cc2c(cccc2CO)C#CCCC23CCC4C(O)(CC5CC(C(C)C6CCCC6)CCC6C(O)C7(CCC8CC(c9ccccc9)CCC87)CC4(C=O)C56O)C2(O)CC2CC1C1OC(=O)C=C1C23. The molecule has 2 aromatic rings. The van der Waals surface area contributed by atoms with Gasteiger partial charge in [0.2, 0.25) is 0 Å². The van der Waals surface area contributed by atoms with Crippen LogP contribution in [0.2, 0.25) is 0 Å². The molecule has 0 amide bonds. The van der Waals surface area contributed by atoms with Gasteiger partial charge in [0, 0.05) is 52.7 Å². The second-order valence-corrected chi connectivity index (χ2v) is 26.5. The van der Waals surface area contributed by atoms with E-state index in [1.54, 1.807) is 6.08 Å². The van der Waals surface area contributed by atoms with Gasteiger partial charge in [-0.15, -0.1) is 0 Å². The Bertz CT molecular complexity index is 2560. The molecular weight excluding hydrogens is 899 g/mol. The first kappa shape index (κ1) is 48.3. The van der Waals surface area contributed by atoms with Gasteiger partial charge in [0.25, 0.3) is 0 Å². The predicted octanol–water partition coefficient (Wildman–Crippen LogP) is 8.74. The van der Waals surface area contributed by atoms with Crippen LogP contribution >= 0.6 is 0 Å². The lowest BCUT2D eigenvalue weighted by Gasteiger charge is -2.74. The fourth-order valence-electron chi connectivity index (χ4n) is 21.8. The highest BCUT2D eigenvalue weighted by molar-refractivity contribution is 5.86. The van der Waals surface area contributed by atoms with Crippen molar-refractivity contribution in [2.45, 2.75) is 189 Å². The third-order valence-corrected chi connectivity index (χ3v) is 24.7. The van der Waals surface area contributed by atoms with Gasteiger partial charge >= 0.3 is 5.97 Å². The average Bonchev–Trinajstić information content (AvgIpc) is 4.18. The summed E-state index contributed by atoms with van der Waals surface area (Å²) in [4.78, 5) is 29.0. The molecule has 11 aliphatic carbocycles. The zero-order valence-corrected chi connectivity index (χ0v) is 43.0. The number of aliphatic hydroxyl groups is 5. The van der Waals surface area contributed by atoms with Gasteiger partial charge in [0.15, 0.2) is 0 Å². The summed E-state index contributed by atoms with van der Waals surface area (Å²) in [5.41, 5.74) is -2.80. The third-order valence-electron chi connectivity index (χ3n) is 24.7. The molecule has 20 atom stereocenters. The van der Waals surface area contributed by atoms with Gasteiger partial charge in [-0.1, -0.05) is 86.9 Å². The smallest absolute Gasteiger partial charge is 0.331 e. The lowest BCUT2D eigenvalue weighted by molar-refractivity contribution is -0.357. The van der Waals surface area contributed by atoms with Crippen molar-refractivity contribution in [3.63, 3.8) is 0 Å². The molecule has 1 heterocycles. The maximum atomic E-state index is 15.3. The Morgan fingerprint density at radius 1 is 0.861 bits per heavy atom. The molecule has 9 fully saturated rings. The third kappa shape index (κ3) is 6.41. The minimum absolute atomic E-state index is 0.0863. The topological polar surface area (TPSA) is 157 Å². The van der Waals surface area contributed by atoms with Gasteiger partial charge in [0.1, 0.15) is 18.0 Å². The van der Waals surface area contributed by atoms with E-state index in [0.29, 0.717) is 87.9 Å². The van der Waals surface area contributed by atoms with Gasteiger partial charge in [-0.25, -0.2) is 4.79 Å². The summed E-state index contributed by atoms with van der Waals surface area (Å²) in [6.45, 7) is 2.31. The summed E-state index contributed by atoms with van der Waals surface area (Å²) in [5.74, 6) is 6.83. The number of fused-ring (bicyclic) bond motifs is 8. The van der Waals surface area contributed by atoms with Crippen molar-refractivity contribution < 1.29 is 39.9 Å². The van der Waals surface area contributed by atoms with Crippen LogP contribution in [0, 0.1) is 93.2 Å². The summed E-state index contributed by atoms with van der Waals surface area (Å²) in [7, 11) is 1.96. The van der Waals surface area contributed by atoms with Crippen molar-refractivity contribution in [1.29, 1.82) is 0 Å². The van der Waals surface area contributed by atoms with Crippen LogP contribution in [0.15, 0.2) is 60.2 Å². The number of carbonyl (C=O) groups excluding carboxylic acids is 2. The first-order chi connectivity index (χ1) is 34.8. The van der Waals surface area contributed by atoms with E-state index in [-0.39, 0.29) is 54.6 Å². The maximum absolute atomic E-state index is 15.3. The number of carbonyl (C=O) groups is 2. The van der Waals surface area contributed by atoms with Crippen LogP contribution in [0.4, 0.5) is 0 Å². The molecule has 0 radical (unpaired) electrons. The fraction of sp³-hybridized carbons (Fsp3) is 0.714. The Morgan fingerprint density at radius 2 is 1.67 bits per heavy atom. The molecule has 0 aromatic heterocycles. The number of esters is 1. The van der Waals surface area contributed by atoms with Crippen LogP contribution in [0.25, 0.3) is 0 Å². The van der Waals surface area contributed by atoms with E-state index in [9.17, 15) is 30.3 Å². The minimum Gasteiger partial charge on any atom is -0.454 e. The molecule has 9 saturated carbocycles. The van der Waals surface area contributed by atoms with Gasteiger partial charge in [0.05, 0.1) is 29.3 Å². The second-order valence-electron chi connectivity index (χ2n) is 26.5. The van der Waals surface area contributed by atoms with Crippen molar-refractivity contribution in [3.8, 4) is 11.8 Å². The summed E-state index contributed by atoms with van der Waals surface area (Å²) in [6.07, 6.45) is 17.6. The number of likely N-dealkylation sites (N-methyl/N-ethyl adjacent to an activating group) is 1. The molecule has 386 valence electrons. The molecule has 9 nitrogen and oxygen atoms in total. The van der Waals surface area contributed by atoms with Gasteiger partial charge < -0.3 is 40.4 Å². The molecule has 1 aliphatic heterocycles. The Hall–Kier alpha value is -3.36. The zero-order valence-electron chi connectivity index (χ0n) is 43.0. The van der Waals surface area contributed by atoms with Crippen LogP contribution in [0.1, 0.15) is 164 Å². The molecule has 2 aromatic carbocycles. The van der Waals surface area contributed by atoms with Gasteiger partial charge in [-0.2, -0.15) is 0 Å². The van der Waals surface area contributed by atoms with Crippen LogP contribution < -0.4 is 5.32 Å². The van der Waals surface area contributed by atoms with Crippen molar-refractivity contribution in [1.82, 2.24) is 5.32 Å². The highest BCUT2D eigenvalue weighted by atomic mass is 16.5. The number of nitrogens with one attached hydrogen (secondary N) is 1. The van der Waals surface area contributed by atoms with E-state index in [0.717, 1.165) is 67.1 Å². The molecule has 72 heavy (non-hydrogen) atoms. The van der Waals surface area contributed by atoms with E-state index in [1.807, 2.05) is 25.2 Å². The molecule has 6 N–H and O–H groups in total. The number of aldehydes is 1.